The maximum Gasteiger partial charge on any atom is 0.238 e. The first-order chi connectivity index (χ1) is 9.17. The number of aryl methyl sites for hydroxylation is 1. The minimum absolute atomic E-state index is 0. The number of nitrogens with one attached hydrogen (secondary N) is 2. The van der Waals surface area contributed by atoms with Gasteiger partial charge in [-0.2, -0.15) is 0 Å². The van der Waals surface area contributed by atoms with E-state index in [0.29, 0.717) is 19.8 Å². The summed E-state index contributed by atoms with van der Waals surface area (Å²) in [6.45, 7) is 6.04. The summed E-state index contributed by atoms with van der Waals surface area (Å²) in [5.41, 5.74) is 1.79. The molecule has 0 spiro atoms. The van der Waals surface area contributed by atoms with Crippen LogP contribution in [0.15, 0.2) is 18.2 Å². The second kappa shape index (κ2) is 10.5. The number of hydrogen-bond donors (Lipinski definition) is 2. The van der Waals surface area contributed by atoms with Crippen LogP contribution < -0.4 is 15.4 Å². The molecule has 0 fully saturated rings. The summed E-state index contributed by atoms with van der Waals surface area (Å²) in [5, 5.41) is 5.85. The summed E-state index contributed by atoms with van der Waals surface area (Å²) < 4.78 is 10.3. The van der Waals surface area contributed by atoms with E-state index in [-0.39, 0.29) is 24.9 Å². The van der Waals surface area contributed by atoms with Crippen molar-refractivity contribution in [2.24, 2.45) is 0 Å². The van der Waals surface area contributed by atoms with Gasteiger partial charge in [0.2, 0.25) is 5.91 Å². The van der Waals surface area contributed by atoms with E-state index < -0.39 is 0 Å². The van der Waals surface area contributed by atoms with Gasteiger partial charge in [0.1, 0.15) is 5.75 Å². The zero-order valence-corrected chi connectivity index (χ0v) is 13.0. The van der Waals surface area contributed by atoms with Gasteiger partial charge in [-0.25, -0.2) is 0 Å². The highest BCUT2D eigenvalue weighted by Crippen LogP contribution is 2.21. The van der Waals surface area contributed by atoms with E-state index in [1.165, 1.54) is 0 Å². The van der Waals surface area contributed by atoms with E-state index in [4.69, 9.17) is 9.47 Å². The second-order valence-electron chi connectivity index (χ2n) is 4.13. The fourth-order valence-electron chi connectivity index (χ4n) is 1.60. The highest BCUT2D eigenvalue weighted by Gasteiger charge is 2.05. The molecule has 0 aliphatic rings. The van der Waals surface area contributed by atoms with Crippen molar-refractivity contribution in [2.75, 3.05) is 38.7 Å². The van der Waals surface area contributed by atoms with Crippen molar-refractivity contribution in [2.45, 2.75) is 13.8 Å². The molecule has 2 N–H and O–H groups in total. The summed E-state index contributed by atoms with van der Waals surface area (Å²) in [7, 11) is 1.63. The van der Waals surface area contributed by atoms with Crippen LogP contribution in [0.4, 0.5) is 5.69 Å². The highest BCUT2D eigenvalue weighted by molar-refractivity contribution is 5.93. The molecule has 0 aliphatic carbocycles. The van der Waals surface area contributed by atoms with Crippen molar-refractivity contribution >= 4 is 24.0 Å². The molecule has 1 aromatic carbocycles. The summed E-state index contributed by atoms with van der Waals surface area (Å²) in [6.07, 6.45) is 0. The lowest BCUT2D eigenvalue weighted by Gasteiger charge is -2.11. The number of carbonyl (C=O) groups excluding carboxylic acids is 1. The molecule has 0 saturated heterocycles. The Hall–Kier alpha value is -1.30. The van der Waals surface area contributed by atoms with Gasteiger partial charge in [0, 0.05) is 19.3 Å². The molecule has 114 valence electrons. The monoisotopic (exact) mass is 302 g/mol. The van der Waals surface area contributed by atoms with E-state index in [0.717, 1.165) is 17.0 Å². The quantitative estimate of drug-likeness (QED) is 0.721. The van der Waals surface area contributed by atoms with Crippen LogP contribution in [-0.2, 0) is 9.53 Å². The third-order valence-corrected chi connectivity index (χ3v) is 2.55. The number of carbonyl (C=O) groups is 1. The van der Waals surface area contributed by atoms with Gasteiger partial charge in [0.15, 0.2) is 0 Å². The Kier molecular flexibility index (Phi) is 9.80. The SMILES string of the molecule is CCOc1ccc(NC(=O)CNCCOC)c(C)c1.Cl. The van der Waals surface area contributed by atoms with Gasteiger partial charge in [-0.1, -0.05) is 0 Å². The van der Waals surface area contributed by atoms with Crippen LogP contribution >= 0.6 is 12.4 Å². The minimum Gasteiger partial charge on any atom is -0.494 e. The number of halogens is 1. The fraction of sp³-hybridized carbons (Fsp3) is 0.500. The molecule has 0 unspecified atom stereocenters. The van der Waals surface area contributed by atoms with Gasteiger partial charge in [0.25, 0.3) is 0 Å². The first-order valence-corrected chi connectivity index (χ1v) is 6.40. The Morgan fingerprint density at radius 2 is 2.10 bits per heavy atom. The smallest absolute Gasteiger partial charge is 0.238 e. The number of amides is 1. The van der Waals surface area contributed by atoms with Gasteiger partial charge in [0.05, 0.1) is 19.8 Å². The molecule has 20 heavy (non-hydrogen) atoms. The predicted molar refractivity (Wildman–Crippen MR) is 83.0 cm³/mol. The molecule has 6 heteroatoms. The zero-order chi connectivity index (χ0) is 14.1. The number of ether oxygens (including phenoxy) is 2. The van der Waals surface area contributed by atoms with E-state index in [9.17, 15) is 4.79 Å². The first-order valence-electron chi connectivity index (χ1n) is 6.40. The number of methoxy groups -OCH3 is 1. The Morgan fingerprint density at radius 1 is 1.35 bits per heavy atom. The third kappa shape index (κ3) is 6.75. The van der Waals surface area contributed by atoms with E-state index in [2.05, 4.69) is 10.6 Å². The second-order valence-corrected chi connectivity index (χ2v) is 4.13. The summed E-state index contributed by atoms with van der Waals surface area (Å²) in [4.78, 5) is 11.7. The minimum atomic E-state index is -0.0663. The Morgan fingerprint density at radius 3 is 2.70 bits per heavy atom. The zero-order valence-electron chi connectivity index (χ0n) is 12.2. The van der Waals surface area contributed by atoms with Crippen molar-refractivity contribution in [3.63, 3.8) is 0 Å². The molecule has 0 radical (unpaired) electrons. The van der Waals surface area contributed by atoms with Crippen molar-refractivity contribution in [1.82, 2.24) is 5.32 Å². The molecule has 0 saturated carbocycles. The van der Waals surface area contributed by atoms with Crippen LogP contribution in [0.2, 0.25) is 0 Å². The molecule has 0 heterocycles. The average Bonchev–Trinajstić information content (AvgIpc) is 2.38. The summed E-state index contributed by atoms with van der Waals surface area (Å²) in [6, 6.07) is 5.62. The van der Waals surface area contributed by atoms with Gasteiger partial charge in [-0.15, -0.1) is 12.4 Å². The average molecular weight is 303 g/mol. The normalized spacial score (nSPS) is 9.75. The molecular formula is C14H23ClN2O3. The fourth-order valence-corrected chi connectivity index (χ4v) is 1.60. The van der Waals surface area contributed by atoms with Crippen LogP contribution in [-0.4, -0.2) is 39.3 Å². The van der Waals surface area contributed by atoms with Gasteiger partial charge >= 0.3 is 0 Å². The largest absolute Gasteiger partial charge is 0.494 e. The van der Waals surface area contributed by atoms with Gasteiger partial charge < -0.3 is 20.1 Å². The van der Waals surface area contributed by atoms with Crippen LogP contribution in [0.1, 0.15) is 12.5 Å². The molecule has 1 amide bonds. The van der Waals surface area contributed by atoms with E-state index in [1.54, 1.807) is 7.11 Å². The molecule has 1 aromatic rings. The van der Waals surface area contributed by atoms with Crippen LogP contribution in [0.5, 0.6) is 5.75 Å². The third-order valence-electron chi connectivity index (χ3n) is 2.55. The predicted octanol–water partition coefficient (Wildman–Crippen LogP) is 1.99. The Balaban J connectivity index is 0.00000361. The standard InChI is InChI=1S/C14H22N2O3.ClH/c1-4-19-12-5-6-13(11(2)9-12)16-14(17)10-15-7-8-18-3;/h5-6,9,15H,4,7-8,10H2,1-3H3,(H,16,17);1H. The molecule has 0 atom stereocenters. The van der Waals surface area contributed by atoms with Crippen LogP contribution in [0, 0.1) is 6.92 Å². The van der Waals surface area contributed by atoms with Crippen molar-refractivity contribution < 1.29 is 14.3 Å². The summed E-state index contributed by atoms with van der Waals surface area (Å²) >= 11 is 0. The highest BCUT2D eigenvalue weighted by atomic mass is 35.5. The lowest BCUT2D eigenvalue weighted by atomic mass is 10.2. The van der Waals surface area contributed by atoms with Gasteiger partial charge in [-0.3, -0.25) is 4.79 Å². The lowest BCUT2D eigenvalue weighted by Crippen LogP contribution is -2.30. The number of hydrogen-bond acceptors (Lipinski definition) is 4. The van der Waals surface area contributed by atoms with Crippen molar-refractivity contribution in [3.05, 3.63) is 23.8 Å². The van der Waals surface area contributed by atoms with Crippen LogP contribution in [0.25, 0.3) is 0 Å². The van der Waals surface area contributed by atoms with Crippen molar-refractivity contribution in [3.8, 4) is 5.75 Å². The van der Waals surface area contributed by atoms with Gasteiger partial charge in [-0.05, 0) is 37.6 Å². The molecule has 0 bridgehead atoms. The summed E-state index contributed by atoms with van der Waals surface area (Å²) in [5.74, 6) is 0.750. The maximum absolute atomic E-state index is 11.7. The number of anilines is 1. The van der Waals surface area contributed by atoms with Crippen LogP contribution in [0.3, 0.4) is 0 Å². The maximum atomic E-state index is 11.7. The number of benzene rings is 1. The Labute approximate surface area is 126 Å². The Bertz CT molecular complexity index is 413. The number of rotatable bonds is 8. The van der Waals surface area contributed by atoms with Crippen molar-refractivity contribution in [1.29, 1.82) is 0 Å². The first kappa shape index (κ1) is 18.7. The topological polar surface area (TPSA) is 59.6 Å². The molecule has 0 aliphatic heterocycles. The van der Waals surface area contributed by atoms with E-state index >= 15 is 0 Å². The molecule has 0 aromatic heterocycles. The molecular weight excluding hydrogens is 280 g/mol. The molecule has 5 nitrogen and oxygen atoms in total. The lowest BCUT2D eigenvalue weighted by molar-refractivity contribution is -0.115. The van der Waals surface area contributed by atoms with E-state index in [1.807, 2.05) is 32.0 Å². The molecule has 1 rings (SSSR count).